The lowest BCUT2D eigenvalue weighted by Gasteiger charge is -2.43. The number of likely N-dealkylation sites (N-methyl/N-ethyl adjacent to an activating group) is 1. The van der Waals surface area contributed by atoms with Crippen LogP contribution in [0.4, 0.5) is 0 Å². The molecule has 1 heterocycles. The zero-order chi connectivity index (χ0) is 12.7. The Hall–Kier alpha value is -0.0800. The van der Waals surface area contributed by atoms with Gasteiger partial charge in [0, 0.05) is 18.1 Å². The van der Waals surface area contributed by atoms with Crippen LogP contribution < -0.4 is 5.32 Å². The van der Waals surface area contributed by atoms with Gasteiger partial charge in [-0.05, 0) is 45.7 Å². The molecule has 0 aromatic carbocycles. The first-order valence-electron chi connectivity index (χ1n) is 7.73. The van der Waals surface area contributed by atoms with Crippen LogP contribution >= 0.6 is 0 Å². The van der Waals surface area contributed by atoms with E-state index in [0.29, 0.717) is 6.04 Å². The van der Waals surface area contributed by atoms with Crippen LogP contribution in [0.5, 0.6) is 0 Å². The van der Waals surface area contributed by atoms with Crippen molar-refractivity contribution in [2.45, 2.75) is 84.3 Å². The molecule has 17 heavy (non-hydrogen) atoms. The number of piperidine rings is 1. The van der Waals surface area contributed by atoms with Crippen LogP contribution in [-0.2, 0) is 0 Å². The zero-order valence-electron chi connectivity index (χ0n) is 12.3. The molecule has 0 saturated carbocycles. The smallest absolute Gasteiger partial charge is 0.0249 e. The number of nitrogens with one attached hydrogen (secondary N) is 1. The normalized spacial score (nSPS) is 25.8. The van der Waals surface area contributed by atoms with Gasteiger partial charge in [-0.3, -0.25) is 4.90 Å². The summed E-state index contributed by atoms with van der Waals surface area (Å²) in [5.74, 6) is 0. The van der Waals surface area contributed by atoms with E-state index in [9.17, 15) is 0 Å². The molecular formula is C15H32N2. The van der Waals surface area contributed by atoms with Crippen LogP contribution in [0.1, 0.15) is 66.2 Å². The van der Waals surface area contributed by atoms with Crippen LogP contribution in [-0.4, -0.2) is 36.1 Å². The quantitative estimate of drug-likeness (QED) is 0.733. The third-order valence-electron chi connectivity index (χ3n) is 4.23. The van der Waals surface area contributed by atoms with E-state index in [1.165, 1.54) is 45.1 Å². The van der Waals surface area contributed by atoms with E-state index < -0.39 is 0 Å². The molecule has 0 aromatic rings. The number of likely N-dealkylation sites (tertiary alicyclic amines) is 1. The minimum absolute atomic E-state index is 0.690. The fourth-order valence-electron chi connectivity index (χ4n) is 3.37. The summed E-state index contributed by atoms with van der Waals surface area (Å²) < 4.78 is 0. The average molecular weight is 240 g/mol. The molecule has 0 radical (unpaired) electrons. The minimum Gasteiger partial charge on any atom is -0.313 e. The molecule has 0 aromatic heterocycles. The Bertz CT molecular complexity index is 187. The molecule has 2 heteroatoms. The van der Waals surface area contributed by atoms with Gasteiger partial charge in [0.2, 0.25) is 0 Å². The second-order valence-corrected chi connectivity index (χ2v) is 5.51. The van der Waals surface area contributed by atoms with Gasteiger partial charge in [-0.2, -0.15) is 0 Å². The predicted molar refractivity (Wildman–Crippen MR) is 76.5 cm³/mol. The van der Waals surface area contributed by atoms with Crippen molar-refractivity contribution < 1.29 is 0 Å². The molecule has 1 saturated heterocycles. The largest absolute Gasteiger partial charge is 0.313 e. The second kappa shape index (κ2) is 8.10. The van der Waals surface area contributed by atoms with Gasteiger partial charge in [0.25, 0.3) is 0 Å². The van der Waals surface area contributed by atoms with E-state index in [1.54, 1.807) is 0 Å². The van der Waals surface area contributed by atoms with Crippen molar-refractivity contribution in [3.63, 3.8) is 0 Å². The highest BCUT2D eigenvalue weighted by Gasteiger charge is 2.29. The Morgan fingerprint density at radius 1 is 1.24 bits per heavy atom. The molecule has 102 valence electrons. The first kappa shape index (κ1) is 15.0. The fraction of sp³-hybridized carbons (Fsp3) is 1.00. The Morgan fingerprint density at radius 2 is 2.00 bits per heavy atom. The predicted octanol–water partition coefficient (Wildman–Crippen LogP) is 3.42. The van der Waals surface area contributed by atoms with Crippen molar-refractivity contribution in [2.75, 3.05) is 13.1 Å². The Kier molecular flexibility index (Phi) is 7.14. The van der Waals surface area contributed by atoms with Gasteiger partial charge >= 0.3 is 0 Å². The highest BCUT2D eigenvalue weighted by atomic mass is 15.2. The Morgan fingerprint density at radius 3 is 2.53 bits per heavy atom. The van der Waals surface area contributed by atoms with Gasteiger partial charge < -0.3 is 5.32 Å². The molecule has 3 atom stereocenters. The monoisotopic (exact) mass is 240 g/mol. The lowest BCUT2D eigenvalue weighted by molar-refractivity contribution is 0.0760. The summed E-state index contributed by atoms with van der Waals surface area (Å²) >= 11 is 0. The summed E-state index contributed by atoms with van der Waals surface area (Å²) in [6.07, 6.45) is 8.09. The summed E-state index contributed by atoms with van der Waals surface area (Å²) in [7, 11) is 0. The van der Waals surface area contributed by atoms with Crippen LogP contribution in [0.15, 0.2) is 0 Å². The lowest BCUT2D eigenvalue weighted by Crippen LogP contribution is -2.54. The second-order valence-electron chi connectivity index (χ2n) is 5.51. The standard InChI is InChI=1S/C15H32N2/c1-5-10-14(16-7-3)15(6-2)17-12-9-8-11-13(17)4/h13-16H,5-12H2,1-4H3. The van der Waals surface area contributed by atoms with Crippen LogP contribution in [0.3, 0.4) is 0 Å². The van der Waals surface area contributed by atoms with Gasteiger partial charge in [-0.1, -0.05) is 33.6 Å². The maximum Gasteiger partial charge on any atom is 0.0249 e. The summed E-state index contributed by atoms with van der Waals surface area (Å²) in [4.78, 5) is 2.77. The first-order valence-corrected chi connectivity index (χ1v) is 7.73. The van der Waals surface area contributed by atoms with Crippen molar-refractivity contribution in [1.29, 1.82) is 0 Å². The molecular weight excluding hydrogens is 208 g/mol. The van der Waals surface area contributed by atoms with E-state index >= 15 is 0 Å². The van der Waals surface area contributed by atoms with Crippen molar-refractivity contribution in [3.8, 4) is 0 Å². The fourth-order valence-corrected chi connectivity index (χ4v) is 3.37. The van der Waals surface area contributed by atoms with Gasteiger partial charge in [-0.15, -0.1) is 0 Å². The molecule has 0 aliphatic carbocycles. The highest BCUT2D eigenvalue weighted by molar-refractivity contribution is 4.87. The Labute approximate surface area is 108 Å². The SMILES string of the molecule is CCCC(NCC)C(CC)N1CCCCC1C. The molecule has 1 N–H and O–H groups in total. The number of rotatable bonds is 7. The van der Waals surface area contributed by atoms with E-state index in [-0.39, 0.29) is 0 Å². The summed E-state index contributed by atoms with van der Waals surface area (Å²) in [5, 5.41) is 3.71. The number of hydrogen-bond acceptors (Lipinski definition) is 2. The third kappa shape index (κ3) is 4.26. The maximum atomic E-state index is 3.71. The molecule has 1 rings (SSSR count). The highest BCUT2D eigenvalue weighted by Crippen LogP contribution is 2.23. The van der Waals surface area contributed by atoms with Crippen LogP contribution in [0.25, 0.3) is 0 Å². The maximum absolute atomic E-state index is 3.71. The molecule has 1 fully saturated rings. The van der Waals surface area contributed by atoms with Gasteiger partial charge in [0.1, 0.15) is 0 Å². The van der Waals surface area contributed by atoms with Crippen molar-refractivity contribution in [1.82, 2.24) is 10.2 Å². The molecule has 3 unspecified atom stereocenters. The number of nitrogens with zero attached hydrogens (tertiary/aromatic N) is 1. The first-order chi connectivity index (χ1) is 8.24. The molecule has 1 aliphatic heterocycles. The van der Waals surface area contributed by atoms with Gasteiger partial charge in [0.15, 0.2) is 0 Å². The third-order valence-corrected chi connectivity index (χ3v) is 4.23. The molecule has 2 nitrogen and oxygen atoms in total. The number of hydrogen-bond donors (Lipinski definition) is 1. The summed E-state index contributed by atoms with van der Waals surface area (Å²) in [6.45, 7) is 11.7. The van der Waals surface area contributed by atoms with Crippen LogP contribution in [0.2, 0.25) is 0 Å². The summed E-state index contributed by atoms with van der Waals surface area (Å²) in [5.41, 5.74) is 0. The van der Waals surface area contributed by atoms with Crippen molar-refractivity contribution in [2.24, 2.45) is 0 Å². The molecule has 0 amide bonds. The van der Waals surface area contributed by atoms with E-state index in [0.717, 1.165) is 18.6 Å². The van der Waals surface area contributed by atoms with Gasteiger partial charge in [-0.25, -0.2) is 0 Å². The van der Waals surface area contributed by atoms with E-state index in [4.69, 9.17) is 0 Å². The zero-order valence-corrected chi connectivity index (χ0v) is 12.3. The molecule has 1 aliphatic rings. The lowest BCUT2D eigenvalue weighted by atomic mass is 9.93. The van der Waals surface area contributed by atoms with Crippen molar-refractivity contribution in [3.05, 3.63) is 0 Å². The molecule has 0 spiro atoms. The van der Waals surface area contributed by atoms with Crippen molar-refractivity contribution >= 4 is 0 Å². The van der Waals surface area contributed by atoms with E-state index in [1.807, 2.05) is 0 Å². The summed E-state index contributed by atoms with van der Waals surface area (Å²) in [6, 6.07) is 2.22. The van der Waals surface area contributed by atoms with E-state index in [2.05, 4.69) is 37.9 Å². The molecule has 0 bridgehead atoms. The topological polar surface area (TPSA) is 15.3 Å². The minimum atomic E-state index is 0.690. The average Bonchev–Trinajstić information content (AvgIpc) is 2.33. The van der Waals surface area contributed by atoms with Gasteiger partial charge in [0.05, 0.1) is 0 Å². The van der Waals surface area contributed by atoms with Crippen LogP contribution in [0, 0.1) is 0 Å². The Balaban J connectivity index is 2.64.